The number of esters is 1. The van der Waals surface area contributed by atoms with Crippen molar-refractivity contribution in [3.63, 3.8) is 0 Å². The standard InChI is InChI=1S/C24H24Cl2N4O2S/c1-14-13-16(15(2)30(14)19-9-6-7-17(25)21(19)26)23-22(18-8-4-5-11-27-18)28-24(33)29(23)12-10-20(31)32-3/h4-9,11,13,22-23H,10,12H2,1-3H3,(H,28,33)/t22-,23+/m0/s1. The third kappa shape index (κ3) is 4.45. The van der Waals surface area contributed by atoms with E-state index in [9.17, 15) is 4.79 Å². The van der Waals surface area contributed by atoms with Gasteiger partial charge in [-0.25, -0.2) is 0 Å². The highest BCUT2D eigenvalue weighted by atomic mass is 35.5. The van der Waals surface area contributed by atoms with Crippen molar-refractivity contribution in [2.24, 2.45) is 0 Å². The van der Waals surface area contributed by atoms with Gasteiger partial charge in [0.15, 0.2) is 5.11 Å². The van der Waals surface area contributed by atoms with Gasteiger partial charge in [0.1, 0.15) is 0 Å². The number of carbonyl (C=O) groups excluding carboxylic acids is 1. The number of aryl methyl sites for hydroxylation is 1. The summed E-state index contributed by atoms with van der Waals surface area (Å²) in [6, 6.07) is 13.2. The lowest BCUT2D eigenvalue weighted by Gasteiger charge is -2.28. The quantitative estimate of drug-likeness (QED) is 0.363. The molecule has 1 aliphatic heterocycles. The van der Waals surface area contributed by atoms with Crippen LogP contribution in [0, 0.1) is 13.8 Å². The third-order valence-electron chi connectivity index (χ3n) is 5.94. The van der Waals surface area contributed by atoms with Crippen LogP contribution in [0.5, 0.6) is 0 Å². The molecule has 0 bridgehead atoms. The second kappa shape index (κ2) is 9.71. The first-order valence-electron chi connectivity index (χ1n) is 10.5. The summed E-state index contributed by atoms with van der Waals surface area (Å²) in [4.78, 5) is 18.5. The van der Waals surface area contributed by atoms with Crippen LogP contribution < -0.4 is 5.32 Å². The molecule has 0 aliphatic carbocycles. The molecule has 1 aliphatic rings. The molecule has 1 N–H and O–H groups in total. The van der Waals surface area contributed by atoms with E-state index < -0.39 is 0 Å². The van der Waals surface area contributed by atoms with E-state index >= 15 is 0 Å². The summed E-state index contributed by atoms with van der Waals surface area (Å²) in [5.74, 6) is -0.283. The highest BCUT2D eigenvalue weighted by molar-refractivity contribution is 7.80. The number of halogens is 2. The molecule has 0 amide bonds. The van der Waals surface area contributed by atoms with Gasteiger partial charge >= 0.3 is 5.97 Å². The Morgan fingerprint density at radius 2 is 2.00 bits per heavy atom. The SMILES string of the molecule is COC(=O)CCN1C(=S)N[C@@H](c2ccccn2)[C@H]1c1cc(C)n(-c2cccc(Cl)c2Cl)c1C. The van der Waals surface area contributed by atoms with Gasteiger partial charge in [0.2, 0.25) is 0 Å². The maximum absolute atomic E-state index is 11.9. The molecule has 1 saturated heterocycles. The van der Waals surface area contributed by atoms with E-state index in [-0.39, 0.29) is 24.5 Å². The smallest absolute Gasteiger partial charge is 0.307 e. The van der Waals surface area contributed by atoms with E-state index in [2.05, 4.69) is 27.9 Å². The van der Waals surface area contributed by atoms with Crippen molar-refractivity contribution in [2.45, 2.75) is 32.4 Å². The van der Waals surface area contributed by atoms with Crippen molar-refractivity contribution in [2.75, 3.05) is 13.7 Å². The fourth-order valence-corrected chi connectivity index (χ4v) is 5.13. The van der Waals surface area contributed by atoms with Gasteiger partial charge in [-0.05, 0) is 62.0 Å². The zero-order valence-electron chi connectivity index (χ0n) is 18.5. The van der Waals surface area contributed by atoms with Crippen molar-refractivity contribution in [1.29, 1.82) is 0 Å². The van der Waals surface area contributed by atoms with Crippen LogP contribution >= 0.6 is 35.4 Å². The first-order valence-corrected chi connectivity index (χ1v) is 11.7. The number of thiocarbonyl (C=S) groups is 1. The van der Waals surface area contributed by atoms with Crippen LogP contribution in [0.2, 0.25) is 10.0 Å². The Morgan fingerprint density at radius 3 is 2.70 bits per heavy atom. The number of ether oxygens (including phenoxy) is 1. The van der Waals surface area contributed by atoms with Crippen LogP contribution in [0.25, 0.3) is 5.69 Å². The van der Waals surface area contributed by atoms with Gasteiger partial charge in [0, 0.05) is 24.1 Å². The Labute approximate surface area is 208 Å². The van der Waals surface area contributed by atoms with Crippen molar-refractivity contribution >= 4 is 46.5 Å². The normalized spacial score (nSPS) is 17.8. The molecule has 6 nitrogen and oxygen atoms in total. The fraction of sp³-hybridized carbons (Fsp3) is 0.292. The number of pyridine rings is 1. The molecular weight excluding hydrogens is 479 g/mol. The first-order chi connectivity index (χ1) is 15.8. The Hall–Kier alpha value is -2.61. The van der Waals surface area contributed by atoms with Crippen LogP contribution in [0.15, 0.2) is 48.7 Å². The predicted molar refractivity (Wildman–Crippen MR) is 134 cm³/mol. The molecule has 1 fully saturated rings. The minimum atomic E-state index is -0.283. The van der Waals surface area contributed by atoms with Crippen molar-refractivity contribution < 1.29 is 9.53 Å². The van der Waals surface area contributed by atoms with Gasteiger partial charge < -0.3 is 19.5 Å². The largest absolute Gasteiger partial charge is 0.469 e. The van der Waals surface area contributed by atoms with Gasteiger partial charge in [-0.2, -0.15) is 0 Å². The molecule has 2 aromatic heterocycles. The number of rotatable bonds is 6. The molecule has 0 radical (unpaired) electrons. The molecule has 3 heterocycles. The molecule has 1 aromatic carbocycles. The Bertz CT molecular complexity index is 1200. The number of benzene rings is 1. The van der Waals surface area contributed by atoms with E-state index in [1.807, 2.05) is 42.2 Å². The molecule has 33 heavy (non-hydrogen) atoms. The second-order valence-electron chi connectivity index (χ2n) is 7.88. The van der Waals surface area contributed by atoms with Gasteiger partial charge in [-0.1, -0.05) is 35.3 Å². The van der Waals surface area contributed by atoms with Crippen LogP contribution in [-0.2, 0) is 9.53 Å². The summed E-state index contributed by atoms with van der Waals surface area (Å²) in [7, 11) is 1.39. The third-order valence-corrected chi connectivity index (χ3v) is 7.10. The lowest BCUT2D eigenvalue weighted by molar-refractivity contribution is -0.140. The molecule has 0 unspecified atom stereocenters. The Balaban J connectivity index is 1.82. The van der Waals surface area contributed by atoms with Gasteiger partial charge in [0.25, 0.3) is 0 Å². The van der Waals surface area contributed by atoms with Gasteiger partial charge in [-0.15, -0.1) is 0 Å². The summed E-state index contributed by atoms with van der Waals surface area (Å²) >= 11 is 18.5. The summed E-state index contributed by atoms with van der Waals surface area (Å²) in [6.45, 7) is 4.51. The molecule has 9 heteroatoms. The lowest BCUT2D eigenvalue weighted by atomic mass is 9.96. The molecule has 172 valence electrons. The maximum atomic E-state index is 11.9. The predicted octanol–water partition coefficient (Wildman–Crippen LogP) is 5.33. The molecule has 3 aromatic rings. The number of carbonyl (C=O) groups is 1. The van der Waals surface area contributed by atoms with Crippen molar-refractivity contribution in [3.05, 3.63) is 81.4 Å². The number of hydrogen-bond donors (Lipinski definition) is 1. The van der Waals surface area contributed by atoms with E-state index in [0.29, 0.717) is 21.7 Å². The topological polar surface area (TPSA) is 59.4 Å². The zero-order valence-corrected chi connectivity index (χ0v) is 20.8. The van der Waals surface area contributed by atoms with E-state index in [1.54, 1.807) is 12.3 Å². The van der Waals surface area contributed by atoms with Crippen LogP contribution in [0.1, 0.15) is 41.1 Å². The summed E-state index contributed by atoms with van der Waals surface area (Å²) < 4.78 is 6.95. The van der Waals surface area contributed by atoms with Gasteiger partial charge in [-0.3, -0.25) is 9.78 Å². The average Bonchev–Trinajstić information content (AvgIpc) is 3.29. The average molecular weight is 503 g/mol. The molecule has 4 rings (SSSR count). The van der Waals surface area contributed by atoms with Crippen LogP contribution in [0.3, 0.4) is 0 Å². The summed E-state index contributed by atoms with van der Waals surface area (Å²) in [5, 5.41) is 4.98. The second-order valence-corrected chi connectivity index (χ2v) is 9.05. The van der Waals surface area contributed by atoms with Crippen molar-refractivity contribution in [3.8, 4) is 5.69 Å². The molecule has 2 atom stereocenters. The minimum absolute atomic E-state index is 0.171. The number of nitrogens with one attached hydrogen (secondary N) is 1. The molecule has 0 saturated carbocycles. The Kier molecular flexibility index (Phi) is 6.93. The molecular formula is C24H24Cl2N4O2S. The number of hydrogen-bond acceptors (Lipinski definition) is 4. The summed E-state index contributed by atoms with van der Waals surface area (Å²) in [5.41, 5.74) is 4.77. The lowest BCUT2D eigenvalue weighted by Crippen LogP contribution is -2.32. The Morgan fingerprint density at radius 1 is 1.21 bits per heavy atom. The van der Waals surface area contributed by atoms with Crippen LogP contribution in [-0.4, -0.2) is 39.2 Å². The monoisotopic (exact) mass is 502 g/mol. The van der Waals surface area contributed by atoms with Gasteiger partial charge in [0.05, 0.1) is 47.0 Å². The fourth-order valence-electron chi connectivity index (χ4n) is 4.42. The van der Waals surface area contributed by atoms with Crippen LogP contribution in [0.4, 0.5) is 0 Å². The minimum Gasteiger partial charge on any atom is -0.469 e. The van der Waals surface area contributed by atoms with Crippen molar-refractivity contribution in [1.82, 2.24) is 19.8 Å². The highest BCUT2D eigenvalue weighted by Crippen LogP contribution is 2.42. The summed E-state index contributed by atoms with van der Waals surface area (Å²) in [6.07, 6.45) is 1.99. The highest BCUT2D eigenvalue weighted by Gasteiger charge is 2.41. The number of methoxy groups -OCH3 is 1. The van der Waals surface area contributed by atoms with E-state index in [0.717, 1.165) is 28.3 Å². The number of nitrogens with zero attached hydrogens (tertiary/aromatic N) is 3. The van der Waals surface area contributed by atoms with E-state index in [4.69, 9.17) is 40.2 Å². The number of aromatic nitrogens is 2. The van der Waals surface area contributed by atoms with E-state index in [1.165, 1.54) is 7.11 Å². The zero-order chi connectivity index (χ0) is 23.7. The maximum Gasteiger partial charge on any atom is 0.307 e. The molecule has 0 spiro atoms. The first kappa shape index (κ1) is 23.5.